The van der Waals surface area contributed by atoms with Crippen molar-refractivity contribution in [1.82, 2.24) is 15.3 Å². The van der Waals surface area contributed by atoms with Gasteiger partial charge in [-0.3, -0.25) is 4.79 Å². The molecule has 0 aliphatic carbocycles. The van der Waals surface area contributed by atoms with E-state index in [2.05, 4.69) is 15.3 Å². The van der Waals surface area contributed by atoms with Crippen LogP contribution in [0.25, 0.3) is 11.0 Å². The van der Waals surface area contributed by atoms with E-state index in [9.17, 15) is 4.79 Å². The first-order valence-electron chi connectivity index (χ1n) is 9.28. The average Bonchev–Trinajstić information content (AvgIpc) is 3.14. The molecule has 1 heterocycles. The molecule has 0 aliphatic rings. The Bertz CT molecular complexity index is 864. The maximum atomic E-state index is 12.5. The molecule has 1 amide bonds. The quantitative estimate of drug-likeness (QED) is 0.380. The minimum Gasteiger partial charge on any atom is -0.382 e. The fourth-order valence-electron chi connectivity index (χ4n) is 2.73. The highest BCUT2D eigenvalue weighted by molar-refractivity contribution is 7.98. The summed E-state index contributed by atoms with van der Waals surface area (Å²) in [5.41, 5.74) is 3.65. The molecule has 6 nitrogen and oxygen atoms in total. The third-order valence-electron chi connectivity index (χ3n) is 4.18. The van der Waals surface area contributed by atoms with Crippen LogP contribution in [0.15, 0.2) is 53.7 Å². The maximum Gasteiger partial charge on any atom is 0.251 e. The van der Waals surface area contributed by atoms with Crippen LogP contribution in [0.2, 0.25) is 0 Å². The van der Waals surface area contributed by atoms with Gasteiger partial charge in [0.25, 0.3) is 5.91 Å². The van der Waals surface area contributed by atoms with Crippen LogP contribution in [0.1, 0.15) is 22.3 Å². The molecular weight excluding hydrogens is 374 g/mol. The largest absolute Gasteiger partial charge is 0.382 e. The van der Waals surface area contributed by atoms with Gasteiger partial charge in [0.05, 0.1) is 24.2 Å². The van der Waals surface area contributed by atoms with Gasteiger partial charge in [-0.25, -0.2) is 4.98 Å². The number of aromatic amines is 1. The maximum absolute atomic E-state index is 12.5. The number of imidazole rings is 1. The highest BCUT2D eigenvalue weighted by atomic mass is 32.2. The van der Waals surface area contributed by atoms with E-state index in [-0.39, 0.29) is 5.91 Å². The minimum absolute atomic E-state index is 0.0577. The van der Waals surface area contributed by atoms with Gasteiger partial charge >= 0.3 is 0 Å². The van der Waals surface area contributed by atoms with E-state index in [4.69, 9.17) is 9.47 Å². The van der Waals surface area contributed by atoms with Crippen LogP contribution in [-0.4, -0.2) is 49.4 Å². The number of rotatable bonds is 11. The van der Waals surface area contributed by atoms with E-state index in [0.717, 1.165) is 28.2 Å². The van der Waals surface area contributed by atoms with Crippen molar-refractivity contribution >= 4 is 28.7 Å². The molecule has 0 saturated carbocycles. The van der Waals surface area contributed by atoms with Gasteiger partial charge in [-0.1, -0.05) is 42.1 Å². The number of aromatic nitrogens is 2. The summed E-state index contributed by atoms with van der Waals surface area (Å²) in [6.45, 7) is 2.35. The Morgan fingerprint density at radius 2 is 1.93 bits per heavy atom. The highest BCUT2D eigenvalue weighted by Gasteiger charge is 2.11. The van der Waals surface area contributed by atoms with Gasteiger partial charge in [0.15, 0.2) is 5.16 Å². The molecule has 2 aromatic carbocycles. The Kier molecular flexibility index (Phi) is 7.90. The summed E-state index contributed by atoms with van der Waals surface area (Å²) in [4.78, 5) is 20.4. The van der Waals surface area contributed by atoms with Gasteiger partial charge in [0.1, 0.15) is 0 Å². The van der Waals surface area contributed by atoms with Crippen LogP contribution in [0, 0.1) is 0 Å². The molecule has 2 N–H and O–H groups in total. The number of amides is 1. The molecule has 0 fully saturated rings. The summed E-state index contributed by atoms with van der Waals surface area (Å²) in [6, 6.07) is 15.6. The first kappa shape index (κ1) is 20.4. The molecule has 1 aromatic heterocycles. The van der Waals surface area contributed by atoms with Gasteiger partial charge in [0, 0.05) is 31.6 Å². The number of methoxy groups -OCH3 is 1. The van der Waals surface area contributed by atoms with E-state index in [0.29, 0.717) is 37.7 Å². The van der Waals surface area contributed by atoms with Gasteiger partial charge in [-0.15, -0.1) is 0 Å². The number of benzene rings is 2. The van der Waals surface area contributed by atoms with Crippen LogP contribution >= 0.6 is 11.8 Å². The molecule has 3 rings (SSSR count). The third-order valence-corrected chi connectivity index (χ3v) is 5.10. The Morgan fingerprint density at radius 3 is 2.79 bits per heavy atom. The Labute approximate surface area is 169 Å². The summed E-state index contributed by atoms with van der Waals surface area (Å²) in [5.74, 6) is 0.612. The Hall–Kier alpha value is -2.35. The summed E-state index contributed by atoms with van der Waals surface area (Å²) >= 11 is 1.59. The van der Waals surface area contributed by atoms with Crippen LogP contribution < -0.4 is 5.32 Å². The Morgan fingerprint density at radius 1 is 1.11 bits per heavy atom. The second-order valence-corrected chi connectivity index (χ2v) is 7.18. The molecule has 28 heavy (non-hydrogen) atoms. The zero-order valence-corrected chi connectivity index (χ0v) is 16.8. The fraction of sp³-hybridized carbons (Fsp3) is 0.333. The summed E-state index contributed by atoms with van der Waals surface area (Å²) < 4.78 is 10.3. The van der Waals surface area contributed by atoms with Crippen LogP contribution in [0.5, 0.6) is 0 Å². The number of carbonyl (C=O) groups excluding carboxylic acids is 1. The smallest absolute Gasteiger partial charge is 0.251 e. The number of thioether (sulfide) groups is 1. The SMILES string of the molecule is COCCOCCCNC(=O)c1ccccc1CSc1nc2ccccc2[nH]1. The summed E-state index contributed by atoms with van der Waals surface area (Å²) in [5, 5.41) is 3.82. The zero-order valence-electron chi connectivity index (χ0n) is 15.9. The van der Waals surface area contributed by atoms with Crippen LogP contribution in [0.3, 0.4) is 0 Å². The molecule has 0 bridgehead atoms. The molecular formula is C21H25N3O3S. The normalized spacial score (nSPS) is 11.0. The minimum atomic E-state index is -0.0577. The van der Waals surface area contributed by atoms with Gasteiger partial charge in [0.2, 0.25) is 0 Å². The molecule has 0 saturated heterocycles. The molecule has 3 aromatic rings. The number of para-hydroxylation sites is 2. The van der Waals surface area contributed by atoms with Crippen molar-refractivity contribution < 1.29 is 14.3 Å². The summed E-state index contributed by atoms with van der Waals surface area (Å²) in [7, 11) is 1.65. The van der Waals surface area contributed by atoms with E-state index in [1.807, 2.05) is 48.5 Å². The number of H-pyrrole nitrogens is 1. The number of hydrogen-bond acceptors (Lipinski definition) is 5. The predicted octanol–water partition coefficient (Wildman–Crippen LogP) is 3.64. The number of carbonyl (C=O) groups is 1. The number of fused-ring (bicyclic) bond motifs is 1. The zero-order chi connectivity index (χ0) is 19.6. The van der Waals surface area contributed by atoms with Crippen molar-refractivity contribution in [1.29, 1.82) is 0 Å². The lowest BCUT2D eigenvalue weighted by Crippen LogP contribution is -2.26. The number of nitrogens with one attached hydrogen (secondary N) is 2. The van der Waals surface area contributed by atoms with E-state index in [1.54, 1.807) is 18.9 Å². The first-order chi connectivity index (χ1) is 13.8. The van der Waals surface area contributed by atoms with Crippen molar-refractivity contribution in [3.05, 3.63) is 59.7 Å². The summed E-state index contributed by atoms with van der Waals surface area (Å²) in [6.07, 6.45) is 0.769. The monoisotopic (exact) mass is 399 g/mol. The van der Waals surface area contributed by atoms with Gasteiger partial charge < -0.3 is 19.8 Å². The van der Waals surface area contributed by atoms with Crippen LogP contribution in [0.4, 0.5) is 0 Å². The lowest BCUT2D eigenvalue weighted by atomic mass is 10.1. The average molecular weight is 400 g/mol. The molecule has 0 unspecified atom stereocenters. The van der Waals surface area contributed by atoms with E-state index < -0.39 is 0 Å². The van der Waals surface area contributed by atoms with Crippen molar-refractivity contribution in [3.8, 4) is 0 Å². The van der Waals surface area contributed by atoms with E-state index in [1.165, 1.54) is 0 Å². The first-order valence-corrected chi connectivity index (χ1v) is 10.3. The lowest BCUT2D eigenvalue weighted by Gasteiger charge is -2.10. The topological polar surface area (TPSA) is 76.2 Å². The van der Waals surface area contributed by atoms with Crippen molar-refractivity contribution in [2.24, 2.45) is 0 Å². The second kappa shape index (κ2) is 10.8. The highest BCUT2D eigenvalue weighted by Crippen LogP contribution is 2.24. The van der Waals surface area contributed by atoms with Crippen molar-refractivity contribution in [2.45, 2.75) is 17.3 Å². The van der Waals surface area contributed by atoms with E-state index >= 15 is 0 Å². The number of hydrogen-bond donors (Lipinski definition) is 2. The van der Waals surface area contributed by atoms with Gasteiger partial charge in [-0.05, 0) is 30.2 Å². The second-order valence-electron chi connectivity index (χ2n) is 6.22. The molecule has 0 atom stereocenters. The number of ether oxygens (including phenoxy) is 2. The standard InChI is InChI=1S/C21H25N3O3S/c1-26-13-14-27-12-6-11-22-20(25)17-8-3-2-7-16(17)15-28-21-23-18-9-4-5-10-19(18)24-21/h2-5,7-10H,6,11-15H2,1H3,(H,22,25)(H,23,24). The van der Waals surface area contributed by atoms with Gasteiger partial charge in [-0.2, -0.15) is 0 Å². The molecule has 0 radical (unpaired) electrons. The van der Waals surface area contributed by atoms with Crippen molar-refractivity contribution in [2.75, 3.05) is 33.5 Å². The Balaban J connectivity index is 1.51. The molecule has 7 heteroatoms. The molecule has 148 valence electrons. The van der Waals surface area contributed by atoms with Crippen LogP contribution in [-0.2, 0) is 15.2 Å². The third kappa shape index (κ3) is 5.82. The van der Waals surface area contributed by atoms with Crippen molar-refractivity contribution in [3.63, 3.8) is 0 Å². The molecule has 0 aliphatic heterocycles. The lowest BCUT2D eigenvalue weighted by molar-refractivity contribution is 0.0688. The fourth-order valence-corrected chi connectivity index (χ4v) is 3.62. The predicted molar refractivity (Wildman–Crippen MR) is 112 cm³/mol. The number of nitrogens with zero attached hydrogens (tertiary/aromatic N) is 1. The molecule has 0 spiro atoms.